The summed E-state index contributed by atoms with van der Waals surface area (Å²) in [5, 5.41) is 19.7. The van der Waals surface area contributed by atoms with Gasteiger partial charge < -0.3 is 20.0 Å². The fraction of sp³-hybridized carbons (Fsp3) is 0.0769. The van der Waals surface area contributed by atoms with Crippen LogP contribution < -0.4 is 9.80 Å². The number of para-hydroxylation sites is 2. The van der Waals surface area contributed by atoms with Crippen molar-refractivity contribution in [2.75, 3.05) is 9.80 Å². The number of hydrogen-bond acceptors (Lipinski definition) is 4. The summed E-state index contributed by atoms with van der Waals surface area (Å²) in [4.78, 5) is 4.39. The molecule has 4 nitrogen and oxygen atoms in total. The maximum atomic E-state index is 9.86. The van der Waals surface area contributed by atoms with Crippen molar-refractivity contribution in [1.29, 1.82) is 0 Å². The Bertz CT molecular complexity index is 1600. The number of benzene rings is 6. The SMILES string of the molecule is CCC(c1ccc(N(c2ccccc2)c2ccc(O)cc2)cc1)c1ccc(N(c2ccccc2)c2ccc(O)cc2)cc1. The van der Waals surface area contributed by atoms with Crippen molar-refractivity contribution in [2.45, 2.75) is 19.3 Å². The van der Waals surface area contributed by atoms with E-state index in [-0.39, 0.29) is 17.4 Å². The second kappa shape index (κ2) is 12.6. The van der Waals surface area contributed by atoms with Crippen molar-refractivity contribution in [1.82, 2.24) is 0 Å². The molecular weight excluding hydrogens is 528 g/mol. The smallest absolute Gasteiger partial charge is 0.115 e. The number of nitrogens with zero attached hydrogens (tertiary/aromatic N) is 2. The summed E-state index contributed by atoms with van der Waals surface area (Å²) >= 11 is 0. The summed E-state index contributed by atoms with van der Waals surface area (Å²) in [6.07, 6.45) is 0.972. The van der Waals surface area contributed by atoms with Crippen LogP contribution in [0.25, 0.3) is 0 Å². The first kappa shape index (κ1) is 27.7. The van der Waals surface area contributed by atoms with Gasteiger partial charge in [-0.05, 0) is 115 Å². The molecule has 0 unspecified atom stereocenters. The van der Waals surface area contributed by atoms with Gasteiger partial charge in [-0.15, -0.1) is 0 Å². The Hall–Kier alpha value is -5.48. The number of phenolic OH excluding ortho intramolecular Hbond substituents is 2. The molecule has 0 aliphatic carbocycles. The molecule has 6 rings (SSSR count). The van der Waals surface area contributed by atoms with Crippen molar-refractivity contribution in [3.05, 3.63) is 169 Å². The van der Waals surface area contributed by atoms with E-state index in [4.69, 9.17) is 0 Å². The van der Waals surface area contributed by atoms with E-state index in [1.165, 1.54) is 11.1 Å². The minimum absolute atomic E-state index is 0.249. The summed E-state index contributed by atoms with van der Waals surface area (Å²) in [5.74, 6) is 0.749. The van der Waals surface area contributed by atoms with Gasteiger partial charge in [-0.1, -0.05) is 67.6 Å². The molecule has 0 saturated carbocycles. The molecule has 0 atom stereocenters. The van der Waals surface area contributed by atoms with Crippen LogP contribution in [0.3, 0.4) is 0 Å². The van der Waals surface area contributed by atoms with Crippen LogP contribution in [-0.4, -0.2) is 10.2 Å². The fourth-order valence-corrected chi connectivity index (χ4v) is 5.63. The lowest BCUT2D eigenvalue weighted by atomic mass is 9.89. The van der Waals surface area contributed by atoms with E-state index >= 15 is 0 Å². The molecule has 0 aliphatic heterocycles. The molecule has 0 aromatic heterocycles. The first-order chi connectivity index (χ1) is 21.1. The summed E-state index contributed by atoms with van der Waals surface area (Å²) < 4.78 is 0. The average molecular weight is 563 g/mol. The van der Waals surface area contributed by atoms with Crippen LogP contribution in [0.5, 0.6) is 11.5 Å². The molecule has 0 saturated heterocycles. The molecule has 0 amide bonds. The predicted octanol–water partition coefficient (Wildman–Crippen LogP) is 10.6. The number of phenols is 2. The molecule has 0 fully saturated rings. The maximum Gasteiger partial charge on any atom is 0.115 e. The van der Waals surface area contributed by atoms with E-state index in [0.717, 1.165) is 40.5 Å². The Morgan fingerprint density at radius 3 is 0.977 bits per heavy atom. The van der Waals surface area contributed by atoms with Crippen LogP contribution in [-0.2, 0) is 0 Å². The minimum Gasteiger partial charge on any atom is -0.508 e. The highest BCUT2D eigenvalue weighted by atomic mass is 16.3. The van der Waals surface area contributed by atoms with E-state index in [2.05, 4.69) is 89.5 Å². The van der Waals surface area contributed by atoms with Crippen molar-refractivity contribution < 1.29 is 10.2 Å². The van der Waals surface area contributed by atoms with Gasteiger partial charge in [-0.25, -0.2) is 0 Å². The molecular formula is C39H34N2O2. The lowest BCUT2D eigenvalue weighted by molar-refractivity contribution is 0.475. The van der Waals surface area contributed by atoms with Gasteiger partial charge in [0.2, 0.25) is 0 Å². The highest BCUT2D eigenvalue weighted by Gasteiger charge is 2.17. The number of hydrogen-bond donors (Lipinski definition) is 2. The lowest BCUT2D eigenvalue weighted by Crippen LogP contribution is -2.10. The quantitative estimate of drug-likeness (QED) is 0.184. The largest absolute Gasteiger partial charge is 0.508 e. The van der Waals surface area contributed by atoms with Crippen LogP contribution in [0.1, 0.15) is 30.4 Å². The zero-order chi connectivity index (χ0) is 29.6. The molecule has 2 N–H and O–H groups in total. The Kier molecular flexibility index (Phi) is 8.10. The third-order valence-electron chi connectivity index (χ3n) is 7.76. The molecule has 0 bridgehead atoms. The van der Waals surface area contributed by atoms with Gasteiger partial charge in [0.25, 0.3) is 0 Å². The maximum absolute atomic E-state index is 9.86. The van der Waals surface area contributed by atoms with Gasteiger partial charge in [0, 0.05) is 40.0 Å². The molecule has 0 aliphatic rings. The Morgan fingerprint density at radius 1 is 0.395 bits per heavy atom. The zero-order valence-corrected chi connectivity index (χ0v) is 24.1. The van der Waals surface area contributed by atoms with Crippen LogP contribution >= 0.6 is 0 Å². The van der Waals surface area contributed by atoms with E-state index in [9.17, 15) is 10.2 Å². The van der Waals surface area contributed by atoms with Gasteiger partial charge >= 0.3 is 0 Å². The Labute approximate surface area is 253 Å². The zero-order valence-electron chi connectivity index (χ0n) is 24.1. The molecule has 212 valence electrons. The van der Waals surface area contributed by atoms with Gasteiger partial charge in [0.1, 0.15) is 11.5 Å². The fourth-order valence-electron chi connectivity index (χ4n) is 5.63. The Morgan fingerprint density at radius 2 is 0.674 bits per heavy atom. The highest BCUT2D eigenvalue weighted by Crippen LogP contribution is 2.39. The lowest BCUT2D eigenvalue weighted by Gasteiger charge is -2.27. The normalized spacial score (nSPS) is 10.9. The Balaban J connectivity index is 1.30. The number of anilines is 6. The molecule has 6 aromatic carbocycles. The highest BCUT2D eigenvalue weighted by molar-refractivity contribution is 5.78. The second-order valence-electron chi connectivity index (χ2n) is 10.5. The van der Waals surface area contributed by atoms with Crippen molar-refractivity contribution >= 4 is 34.1 Å². The van der Waals surface area contributed by atoms with Crippen molar-refractivity contribution in [3.63, 3.8) is 0 Å². The third kappa shape index (κ3) is 6.09. The summed E-state index contributed by atoms with van der Waals surface area (Å²) in [6.45, 7) is 2.23. The van der Waals surface area contributed by atoms with Gasteiger partial charge in [-0.2, -0.15) is 0 Å². The minimum atomic E-state index is 0.249. The van der Waals surface area contributed by atoms with Gasteiger partial charge in [0.05, 0.1) is 0 Å². The molecule has 0 spiro atoms. The molecule has 0 radical (unpaired) electrons. The van der Waals surface area contributed by atoms with E-state index in [0.29, 0.717) is 0 Å². The molecule has 43 heavy (non-hydrogen) atoms. The summed E-state index contributed by atoms with van der Waals surface area (Å²) in [6, 6.07) is 52.7. The first-order valence-corrected chi connectivity index (χ1v) is 14.6. The molecule has 6 aromatic rings. The topological polar surface area (TPSA) is 46.9 Å². The van der Waals surface area contributed by atoms with Crippen LogP contribution in [0.15, 0.2) is 158 Å². The standard InChI is InChI=1S/C39H34N2O2/c1-2-39(29-13-17-33(18-14-29)40(31-9-5-3-6-10-31)35-21-25-37(42)26-22-35)30-15-19-34(20-16-30)41(32-11-7-4-8-12-32)36-23-27-38(43)28-24-36/h3-28,39,42-43H,2H2,1H3. The van der Waals surface area contributed by atoms with E-state index < -0.39 is 0 Å². The monoisotopic (exact) mass is 562 g/mol. The number of aromatic hydroxyl groups is 2. The third-order valence-corrected chi connectivity index (χ3v) is 7.76. The van der Waals surface area contributed by atoms with E-state index in [1.807, 2.05) is 60.7 Å². The van der Waals surface area contributed by atoms with Crippen LogP contribution in [0, 0.1) is 0 Å². The second-order valence-corrected chi connectivity index (χ2v) is 10.5. The van der Waals surface area contributed by atoms with Gasteiger partial charge in [0.15, 0.2) is 0 Å². The van der Waals surface area contributed by atoms with Crippen molar-refractivity contribution in [3.8, 4) is 11.5 Å². The first-order valence-electron chi connectivity index (χ1n) is 14.6. The molecule has 4 heteroatoms. The van der Waals surface area contributed by atoms with Crippen molar-refractivity contribution in [2.24, 2.45) is 0 Å². The molecule has 0 heterocycles. The predicted molar refractivity (Wildman–Crippen MR) is 178 cm³/mol. The summed E-state index contributed by atoms with van der Waals surface area (Å²) in [5.41, 5.74) is 8.70. The van der Waals surface area contributed by atoms with Crippen LogP contribution in [0.4, 0.5) is 34.1 Å². The summed E-state index contributed by atoms with van der Waals surface area (Å²) in [7, 11) is 0. The number of rotatable bonds is 9. The van der Waals surface area contributed by atoms with E-state index in [1.54, 1.807) is 24.3 Å². The van der Waals surface area contributed by atoms with Gasteiger partial charge in [-0.3, -0.25) is 0 Å². The van der Waals surface area contributed by atoms with Crippen LogP contribution in [0.2, 0.25) is 0 Å². The average Bonchev–Trinajstić information content (AvgIpc) is 3.06.